The van der Waals surface area contributed by atoms with E-state index in [1.165, 1.54) is 5.52 Å². The van der Waals surface area contributed by atoms with Crippen LogP contribution in [0.25, 0.3) is 10.9 Å². The largest absolute Gasteiger partial charge is 0.347 e. The normalized spacial score (nSPS) is 10.4. The molecule has 2 heteroatoms. The summed E-state index contributed by atoms with van der Waals surface area (Å²) in [6.07, 6.45) is 5.79. The highest BCUT2D eigenvalue weighted by Crippen LogP contribution is 2.17. The molecule has 0 radical (unpaired) electrons. The lowest BCUT2D eigenvalue weighted by Crippen LogP contribution is -1.94. The van der Waals surface area contributed by atoms with Gasteiger partial charge in [0.25, 0.3) is 0 Å². The maximum absolute atomic E-state index is 10.6. The summed E-state index contributed by atoms with van der Waals surface area (Å²) in [4.78, 5) is 10.6. The third-order valence-electron chi connectivity index (χ3n) is 2.51. The highest BCUT2D eigenvalue weighted by Gasteiger charge is 2.00. The summed E-state index contributed by atoms with van der Waals surface area (Å²) < 4.78 is 2.17. The molecule has 0 aliphatic carbocycles. The number of hydrogen-bond acceptors (Lipinski definition) is 1. The number of aromatic nitrogens is 1. The van der Waals surface area contributed by atoms with Crippen LogP contribution in [-0.4, -0.2) is 10.9 Å². The molecule has 0 amide bonds. The molecule has 0 spiro atoms. The molecule has 0 aliphatic rings. The van der Waals surface area contributed by atoms with Gasteiger partial charge in [-0.15, -0.1) is 6.58 Å². The van der Waals surface area contributed by atoms with Crippen molar-refractivity contribution in [2.75, 3.05) is 0 Å². The van der Waals surface area contributed by atoms with Gasteiger partial charge in [-0.3, -0.25) is 4.79 Å². The van der Waals surface area contributed by atoms with Crippen molar-refractivity contribution in [1.29, 1.82) is 0 Å². The fourth-order valence-corrected chi connectivity index (χ4v) is 1.72. The Morgan fingerprint density at radius 3 is 2.93 bits per heavy atom. The molecule has 1 aromatic heterocycles. The van der Waals surface area contributed by atoms with E-state index in [1.54, 1.807) is 0 Å². The molecular weight excluding hydrogens is 186 g/mol. The molecule has 0 saturated heterocycles. The molecule has 2 aromatic rings. The first-order valence-corrected chi connectivity index (χ1v) is 5.00. The van der Waals surface area contributed by atoms with Gasteiger partial charge in [0.1, 0.15) is 6.29 Å². The summed E-state index contributed by atoms with van der Waals surface area (Å²) in [5.41, 5.74) is 1.89. The average molecular weight is 199 g/mol. The summed E-state index contributed by atoms with van der Waals surface area (Å²) in [5, 5.41) is 1.11. The van der Waals surface area contributed by atoms with Crippen LogP contribution in [0.2, 0.25) is 0 Å². The fraction of sp³-hybridized carbons (Fsp3) is 0.154. The Hall–Kier alpha value is -1.83. The van der Waals surface area contributed by atoms with Crippen molar-refractivity contribution in [2.45, 2.75) is 13.0 Å². The van der Waals surface area contributed by atoms with Gasteiger partial charge in [0, 0.05) is 29.2 Å². The molecule has 1 aromatic carbocycles. The fourth-order valence-electron chi connectivity index (χ4n) is 1.72. The van der Waals surface area contributed by atoms with Crippen LogP contribution < -0.4 is 0 Å². The quantitative estimate of drug-likeness (QED) is 0.548. The number of carbonyl (C=O) groups is 1. The lowest BCUT2D eigenvalue weighted by Gasteiger charge is -2.02. The van der Waals surface area contributed by atoms with Crippen LogP contribution in [0.1, 0.15) is 16.8 Å². The van der Waals surface area contributed by atoms with Gasteiger partial charge in [0.05, 0.1) is 0 Å². The second-order valence-corrected chi connectivity index (χ2v) is 3.52. The Morgan fingerprint density at radius 2 is 2.20 bits per heavy atom. The number of nitrogens with zero attached hydrogens (tertiary/aromatic N) is 1. The maximum Gasteiger partial charge on any atom is 0.150 e. The minimum Gasteiger partial charge on any atom is -0.347 e. The number of fused-ring (bicyclic) bond motifs is 1. The van der Waals surface area contributed by atoms with Crippen molar-refractivity contribution in [1.82, 2.24) is 4.57 Å². The van der Waals surface area contributed by atoms with Crippen molar-refractivity contribution in [3.05, 3.63) is 48.7 Å². The van der Waals surface area contributed by atoms with E-state index < -0.39 is 0 Å². The Kier molecular flexibility index (Phi) is 2.68. The first-order chi connectivity index (χ1) is 7.35. The SMILES string of the molecule is C=CCCn1ccc2cc(C=O)ccc21. The second-order valence-electron chi connectivity index (χ2n) is 3.52. The van der Waals surface area contributed by atoms with Gasteiger partial charge in [0.2, 0.25) is 0 Å². The smallest absolute Gasteiger partial charge is 0.150 e. The van der Waals surface area contributed by atoms with Gasteiger partial charge in [0.15, 0.2) is 0 Å². The number of hydrogen-bond donors (Lipinski definition) is 0. The minimum absolute atomic E-state index is 0.726. The predicted octanol–water partition coefficient (Wildman–Crippen LogP) is 3.03. The number of benzene rings is 1. The van der Waals surface area contributed by atoms with Gasteiger partial charge in [-0.25, -0.2) is 0 Å². The van der Waals surface area contributed by atoms with E-state index in [1.807, 2.05) is 36.5 Å². The van der Waals surface area contributed by atoms with E-state index in [4.69, 9.17) is 0 Å². The number of aldehydes is 1. The Labute approximate surface area is 88.8 Å². The van der Waals surface area contributed by atoms with Crippen molar-refractivity contribution >= 4 is 17.2 Å². The van der Waals surface area contributed by atoms with Crippen LogP contribution in [0.15, 0.2) is 43.1 Å². The monoisotopic (exact) mass is 199 g/mol. The number of rotatable bonds is 4. The van der Waals surface area contributed by atoms with E-state index in [-0.39, 0.29) is 0 Å². The molecule has 76 valence electrons. The molecule has 2 nitrogen and oxygen atoms in total. The average Bonchev–Trinajstić information content (AvgIpc) is 2.68. The topological polar surface area (TPSA) is 22.0 Å². The first-order valence-electron chi connectivity index (χ1n) is 5.00. The van der Waals surface area contributed by atoms with Gasteiger partial charge < -0.3 is 4.57 Å². The molecule has 0 aliphatic heterocycles. The van der Waals surface area contributed by atoms with Crippen LogP contribution in [-0.2, 0) is 6.54 Å². The summed E-state index contributed by atoms with van der Waals surface area (Å²) in [7, 11) is 0. The van der Waals surface area contributed by atoms with Gasteiger partial charge in [-0.05, 0) is 30.7 Å². The van der Waals surface area contributed by atoms with Crippen LogP contribution in [0.3, 0.4) is 0 Å². The van der Waals surface area contributed by atoms with E-state index in [2.05, 4.69) is 11.1 Å². The molecule has 15 heavy (non-hydrogen) atoms. The zero-order chi connectivity index (χ0) is 10.7. The van der Waals surface area contributed by atoms with E-state index in [9.17, 15) is 4.79 Å². The van der Waals surface area contributed by atoms with Crippen molar-refractivity contribution in [2.24, 2.45) is 0 Å². The van der Waals surface area contributed by atoms with Crippen LogP contribution >= 0.6 is 0 Å². The standard InChI is InChI=1S/C13H13NO/c1-2-3-7-14-8-6-12-9-11(10-15)4-5-13(12)14/h2,4-6,8-10H,1,3,7H2. The Morgan fingerprint density at radius 1 is 1.33 bits per heavy atom. The van der Waals surface area contributed by atoms with Crippen LogP contribution in [0.5, 0.6) is 0 Å². The first kappa shape index (κ1) is 9.71. The highest BCUT2D eigenvalue weighted by atomic mass is 16.1. The molecule has 0 fully saturated rings. The molecule has 2 rings (SSSR count). The third kappa shape index (κ3) is 1.84. The summed E-state index contributed by atoms with van der Waals surface area (Å²) in [6, 6.07) is 7.78. The highest BCUT2D eigenvalue weighted by molar-refractivity contribution is 5.87. The molecule has 0 unspecified atom stereocenters. The van der Waals surface area contributed by atoms with Gasteiger partial charge >= 0.3 is 0 Å². The number of allylic oxidation sites excluding steroid dienone is 1. The summed E-state index contributed by atoms with van der Waals surface area (Å²) in [6.45, 7) is 4.65. The van der Waals surface area contributed by atoms with E-state index in [0.29, 0.717) is 0 Å². The summed E-state index contributed by atoms with van der Waals surface area (Å²) >= 11 is 0. The zero-order valence-electron chi connectivity index (χ0n) is 8.52. The van der Waals surface area contributed by atoms with Crippen LogP contribution in [0.4, 0.5) is 0 Å². The lowest BCUT2D eigenvalue weighted by molar-refractivity contribution is 0.112. The van der Waals surface area contributed by atoms with Crippen molar-refractivity contribution in [3.8, 4) is 0 Å². The molecular formula is C13H13NO. The predicted molar refractivity (Wildman–Crippen MR) is 62.1 cm³/mol. The van der Waals surface area contributed by atoms with Crippen molar-refractivity contribution < 1.29 is 4.79 Å². The molecule has 0 N–H and O–H groups in total. The maximum atomic E-state index is 10.6. The third-order valence-corrected chi connectivity index (χ3v) is 2.51. The summed E-state index contributed by atoms with van der Waals surface area (Å²) in [5.74, 6) is 0. The number of aryl methyl sites for hydroxylation is 1. The number of carbonyl (C=O) groups excluding carboxylic acids is 1. The minimum atomic E-state index is 0.726. The molecule has 1 heterocycles. The zero-order valence-corrected chi connectivity index (χ0v) is 8.52. The Balaban J connectivity index is 2.42. The Bertz CT molecular complexity index is 496. The molecule has 0 bridgehead atoms. The second kappa shape index (κ2) is 4.13. The van der Waals surface area contributed by atoms with Gasteiger partial charge in [-0.2, -0.15) is 0 Å². The van der Waals surface area contributed by atoms with Gasteiger partial charge in [-0.1, -0.05) is 6.08 Å². The lowest BCUT2D eigenvalue weighted by atomic mass is 10.2. The van der Waals surface area contributed by atoms with Crippen molar-refractivity contribution in [3.63, 3.8) is 0 Å². The van der Waals surface area contributed by atoms with Crippen LogP contribution in [0, 0.1) is 0 Å². The van der Waals surface area contributed by atoms with E-state index in [0.717, 1.165) is 30.2 Å². The van der Waals surface area contributed by atoms with E-state index >= 15 is 0 Å². The molecule has 0 atom stereocenters. The molecule has 0 saturated carbocycles.